The quantitative estimate of drug-likeness (QED) is 0.900. The summed E-state index contributed by atoms with van der Waals surface area (Å²) in [6.07, 6.45) is 7.16. The zero-order valence-electron chi connectivity index (χ0n) is 10.8. The van der Waals surface area contributed by atoms with Crippen LogP contribution in [0.1, 0.15) is 17.5 Å². The summed E-state index contributed by atoms with van der Waals surface area (Å²) in [5.74, 6) is 0. The van der Waals surface area contributed by atoms with Crippen molar-refractivity contribution in [2.75, 3.05) is 0 Å². The molecule has 0 amide bonds. The van der Waals surface area contributed by atoms with Gasteiger partial charge in [0.2, 0.25) is 10.0 Å². The molecule has 0 aliphatic heterocycles. The summed E-state index contributed by atoms with van der Waals surface area (Å²) in [5.41, 5.74) is 1.77. The van der Waals surface area contributed by atoms with Crippen molar-refractivity contribution in [3.63, 3.8) is 0 Å². The third-order valence-electron chi connectivity index (χ3n) is 3.12. The van der Waals surface area contributed by atoms with Crippen molar-refractivity contribution in [3.05, 3.63) is 48.0 Å². The zero-order chi connectivity index (χ0) is 13.9. The lowest BCUT2D eigenvalue weighted by Crippen LogP contribution is -2.14. The number of hydrogen-bond acceptors (Lipinski definition) is 3. The number of rotatable bonds is 5. The molecule has 0 saturated heterocycles. The first kappa shape index (κ1) is 13.8. The van der Waals surface area contributed by atoms with Crippen molar-refractivity contribution in [1.29, 1.82) is 0 Å². The Hall–Kier alpha value is -1.66. The molecule has 1 heterocycles. The van der Waals surface area contributed by atoms with Crippen LogP contribution in [0.25, 0.3) is 0 Å². The Morgan fingerprint density at radius 3 is 2.79 bits per heavy atom. The number of benzene rings is 1. The summed E-state index contributed by atoms with van der Waals surface area (Å²) in [5, 5.41) is 5.19. The van der Waals surface area contributed by atoms with Gasteiger partial charge in [0.25, 0.3) is 0 Å². The Kier molecular flexibility index (Phi) is 4.01. The largest absolute Gasteiger partial charge is 0.337 e. The molecule has 0 fully saturated rings. The van der Waals surface area contributed by atoms with Crippen LogP contribution in [0.4, 0.5) is 0 Å². The second-order valence-electron chi connectivity index (χ2n) is 4.49. The van der Waals surface area contributed by atoms with E-state index in [9.17, 15) is 8.42 Å². The van der Waals surface area contributed by atoms with Crippen LogP contribution < -0.4 is 5.14 Å². The topological polar surface area (TPSA) is 78.0 Å². The minimum atomic E-state index is -3.64. The summed E-state index contributed by atoms with van der Waals surface area (Å²) < 4.78 is 24.9. The zero-order valence-corrected chi connectivity index (χ0v) is 11.6. The van der Waals surface area contributed by atoms with Crippen molar-refractivity contribution < 1.29 is 8.42 Å². The maximum absolute atomic E-state index is 11.4. The van der Waals surface area contributed by atoms with Crippen LogP contribution in [0.3, 0.4) is 0 Å². The molecule has 6 heteroatoms. The van der Waals surface area contributed by atoms with Crippen molar-refractivity contribution in [3.8, 4) is 0 Å². The van der Waals surface area contributed by atoms with Gasteiger partial charge in [-0.25, -0.2) is 18.5 Å². The Morgan fingerprint density at radius 2 is 2.16 bits per heavy atom. The number of aryl methyl sites for hydroxylation is 2. The number of nitrogens with two attached hydrogens (primary N) is 1. The van der Waals surface area contributed by atoms with Gasteiger partial charge in [0, 0.05) is 18.9 Å². The van der Waals surface area contributed by atoms with E-state index in [0.29, 0.717) is 0 Å². The smallest absolute Gasteiger partial charge is 0.238 e. The molecule has 0 spiro atoms. The Balaban J connectivity index is 2.09. The number of primary sulfonamides is 1. The van der Waals surface area contributed by atoms with Crippen LogP contribution in [0.5, 0.6) is 0 Å². The summed E-state index contributed by atoms with van der Waals surface area (Å²) >= 11 is 0. The van der Waals surface area contributed by atoms with E-state index in [2.05, 4.69) is 4.98 Å². The van der Waals surface area contributed by atoms with Crippen LogP contribution in [0.2, 0.25) is 0 Å². The van der Waals surface area contributed by atoms with E-state index in [1.54, 1.807) is 31.6 Å². The van der Waals surface area contributed by atoms with Crippen LogP contribution in [-0.4, -0.2) is 18.0 Å². The maximum Gasteiger partial charge on any atom is 0.238 e. The first-order valence-corrected chi connectivity index (χ1v) is 7.60. The molecule has 0 atom stereocenters. The normalized spacial score (nSPS) is 11.7. The molecule has 2 aromatic rings. The number of hydrogen-bond donors (Lipinski definition) is 1. The lowest BCUT2D eigenvalue weighted by atomic mass is 10.0. The second kappa shape index (κ2) is 5.54. The van der Waals surface area contributed by atoms with E-state index >= 15 is 0 Å². The predicted octanol–water partition coefficient (Wildman–Crippen LogP) is 1.47. The summed E-state index contributed by atoms with van der Waals surface area (Å²) in [7, 11) is -3.64. The highest BCUT2D eigenvalue weighted by molar-refractivity contribution is 7.89. The standard InChI is InChI=1S/C13H17N3O2S/c1-11-12(4-2-6-13(11)19(14,17)18)5-3-8-16-9-7-15-10-16/h2,4,6-7,9-10H,3,5,8H2,1H3,(H2,14,17,18). The molecule has 2 N–H and O–H groups in total. The number of nitrogens with zero attached hydrogens (tertiary/aromatic N) is 2. The predicted molar refractivity (Wildman–Crippen MR) is 73.1 cm³/mol. The highest BCUT2D eigenvalue weighted by atomic mass is 32.2. The van der Waals surface area contributed by atoms with Crippen LogP contribution in [0.15, 0.2) is 41.8 Å². The van der Waals surface area contributed by atoms with E-state index < -0.39 is 10.0 Å². The van der Waals surface area contributed by atoms with Gasteiger partial charge in [-0.2, -0.15) is 0 Å². The first-order chi connectivity index (χ1) is 8.98. The molecule has 0 radical (unpaired) electrons. The minimum Gasteiger partial charge on any atom is -0.337 e. The molecular formula is C13H17N3O2S. The Bertz CT molecular complexity index is 649. The second-order valence-corrected chi connectivity index (χ2v) is 6.02. The van der Waals surface area contributed by atoms with Crippen LogP contribution in [0, 0.1) is 6.92 Å². The van der Waals surface area contributed by atoms with Crippen molar-refractivity contribution in [2.24, 2.45) is 5.14 Å². The highest BCUT2D eigenvalue weighted by Gasteiger charge is 2.13. The number of aromatic nitrogens is 2. The van der Waals surface area contributed by atoms with Gasteiger partial charge in [-0.3, -0.25) is 0 Å². The molecule has 2 rings (SSSR count). The molecule has 0 saturated carbocycles. The molecule has 0 unspecified atom stereocenters. The molecular weight excluding hydrogens is 262 g/mol. The molecule has 0 aliphatic carbocycles. The average Bonchev–Trinajstić information content (AvgIpc) is 2.83. The van der Waals surface area contributed by atoms with Crippen molar-refractivity contribution in [2.45, 2.75) is 31.2 Å². The van der Waals surface area contributed by atoms with Gasteiger partial charge >= 0.3 is 0 Å². The van der Waals surface area contributed by atoms with Crippen LogP contribution in [-0.2, 0) is 23.0 Å². The van der Waals surface area contributed by atoms with Gasteiger partial charge in [-0.1, -0.05) is 12.1 Å². The average molecular weight is 279 g/mol. The van der Waals surface area contributed by atoms with Crippen molar-refractivity contribution >= 4 is 10.0 Å². The fourth-order valence-corrected chi connectivity index (χ4v) is 2.94. The Labute approximate surface area is 113 Å². The van der Waals surface area contributed by atoms with Crippen LogP contribution >= 0.6 is 0 Å². The molecule has 0 aliphatic rings. The van der Waals surface area contributed by atoms with Gasteiger partial charge in [-0.15, -0.1) is 0 Å². The molecule has 0 bridgehead atoms. The van der Waals surface area contributed by atoms with Gasteiger partial charge in [-0.05, 0) is 37.0 Å². The molecule has 102 valence electrons. The SMILES string of the molecule is Cc1c(CCCn2ccnc2)cccc1S(N)(=O)=O. The molecule has 5 nitrogen and oxygen atoms in total. The third kappa shape index (κ3) is 3.42. The van der Waals surface area contributed by atoms with Gasteiger partial charge in [0.05, 0.1) is 11.2 Å². The van der Waals surface area contributed by atoms with E-state index in [1.807, 2.05) is 16.8 Å². The first-order valence-electron chi connectivity index (χ1n) is 6.05. The van der Waals surface area contributed by atoms with E-state index in [1.165, 1.54) is 0 Å². The summed E-state index contributed by atoms with van der Waals surface area (Å²) in [6.45, 7) is 2.66. The summed E-state index contributed by atoms with van der Waals surface area (Å²) in [6, 6.07) is 5.22. The van der Waals surface area contributed by atoms with Crippen molar-refractivity contribution in [1.82, 2.24) is 9.55 Å². The fourth-order valence-electron chi connectivity index (χ4n) is 2.11. The number of imidazole rings is 1. The lowest BCUT2D eigenvalue weighted by molar-refractivity contribution is 0.596. The summed E-state index contributed by atoms with van der Waals surface area (Å²) in [4.78, 5) is 4.19. The van der Waals surface area contributed by atoms with E-state index in [4.69, 9.17) is 5.14 Å². The monoisotopic (exact) mass is 279 g/mol. The Morgan fingerprint density at radius 1 is 1.37 bits per heavy atom. The molecule has 19 heavy (non-hydrogen) atoms. The fraction of sp³-hybridized carbons (Fsp3) is 0.308. The van der Waals surface area contributed by atoms with E-state index in [0.717, 1.165) is 30.5 Å². The molecule has 1 aromatic carbocycles. The highest BCUT2D eigenvalue weighted by Crippen LogP contribution is 2.19. The van der Waals surface area contributed by atoms with Gasteiger partial charge in [0.1, 0.15) is 0 Å². The lowest BCUT2D eigenvalue weighted by Gasteiger charge is -2.10. The maximum atomic E-state index is 11.4. The van der Waals surface area contributed by atoms with E-state index in [-0.39, 0.29) is 4.90 Å². The number of sulfonamides is 1. The minimum absolute atomic E-state index is 0.215. The molecule has 1 aromatic heterocycles. The van der Waals surface area contributed by atoms with Gasteiger partial charge < -0.3 is 4.57 Å². The van der Waals surface area contributed by atoms with Gasteiger partial charge in [0.15, 0.2) is 0 Å². The third-order valence-corrected chi connectivity index (χ3v) is 4.18.